The van der Waals surface area contributed by atoms with Crippen molar-refractivity contribution in [2.45, 2.75) is 20.0 Å². The van der Waals surface area contributed by atoms with Gasteiger partial charge in [0, 0.05) is 12.1 Å². The van der Waals surface area contributed by atoms with Gasteiger partial charge >= 0.3 is 0 Å². The third-order valence-corrected chi connectivity index (χ3v) is 1.85. The molecule has 0 bridgehead atoms. The minimum absolute atomic E-state index is 0.0388. The van der Waals surface area contributed by atoms with Crippen molar-refractivity contribution >= 4 is 5.69 Å². The van der Waals surface area contributed by atoms with Crippen LogP contribution in [0.3, 0.4) is 0 Å². The highest BCUT2D eigenvalue weighted by Crippen LogP contribution is 2.23. The van der Waals surface area contributed by atoms with Crippen LogP contribution in [0.5, 0.6) is 5.75 Å². The molecule has 0 saturated heterocycles. The van der Waals surface area contributed by atoms with Crippen molar-refractivity contribution in [1.29, 1.82) is 0 Å². The highest BCUT2D eigenvalue weighted by atomic mass is 16.6. The highest BCUT2D eigenvalue weighted by molar-refractivity contribution is 5.42. The fourth-order valence-electron chi connectivity index (χ4n) is 1.12. The zero-order valence-corrected chi connectivity index (χ0v) is 8.64. The normalized spacial score (nSPS) is 12.2. The van der Waals surface area contributed by atoms with Gasteiger partial charge in [-0.1, -0.05) is 0 Å². The summed E-state index contributed by atoms with van der Waals surface area (Å²) in [5.74, 6) is 0.557. The number of nitro benzene ring substituents is 1. The Kier molecular flexibility index (Phi) is 3.62. The average Bonchev–Trinajstić information content (AvgIpc) is 2.15. The van der Waals surface area contributed by atoms with Crippen molar-refractivity contribution < 1.29 is 14.8 Å². The predicted molar refractivity (Wildman–Crippen MR) is 55.0 cm³/mol. The quantitative estimate of drug-likeness (QED) is 0.607. The van der Waals surface area contributed by atoms with E-state index in [-0.39, 0.29) is 12.3 Å². The summed E-state index contributed by atoms with van der Waals surface area (Å²) in [4.78, 5) is 10.0. The van der Waals surface area contributed by atoms with E-state index in [4.69, 9.17) is 9.84 Å². The van der Waals surface area contributed by atoms with Crippen LogP contribution in [-0.2, 0) is 0 Å². The van der Waals surface area contributed by atoms with Crippen LogP contribution in [-0.4, -0.2) is 22.7 Å². The lowest BCUT2D eigenvalue weighted by molar-refractivity contribution is -0.384. The predicted octanol–water partition coefficient (Wildman–Crippen LogP) is 1.66. The first-order valence-corrected chi connectivity index (χ1v) is 4.56. The molecule has 82 valence electrons. The molecule has 0 amide bonds. The Bertz CT molecular complexity index is 362. The molecule has 0 fully saturated rings. The number of aliphatic hydroxyl groups excluding tert-OH is 1. The molecule has 5 nitrogen and oxygen atoms in total. The number of benzene rings is 1. The summed E-state index contributed by atoms with van der Waals surface area (Å²) < 4.78 is 5.26. The summed E-state index contributed by atoms with van der Waals surface area (Å²) in [6.45, 7) is 3.52. The molecule has 1 rings (SSSR count). The topological polar surface area (TPSA) is 72.6 Å². The fourth-order valence-corrected chi connectivity index (χ4v) is 1.12. The third kappa shape index (κ3) is 3.21. The van der Waals surface area contributed by atoms with Gasteiger partial charge in [-0.25, -0.2) is 0 Å². The molecule has 0 saturated carbocycles. The maximum Gasteiger partial charge on any atom is 0.269 e. The summed E-state index contributed by atoms with van der Waals surface area (Å²) in [7, 11) is 0. The largest absolute Gasteiger partial charge is 0.491 e. The van der Waals surface area contributed by atoms with E-state index in [9.17, 15) is 10.1 Å². The third-order valence-electron chi connectivity index (χ3n) is 1.85. The van der Waals surface area contributed by atoms with Gasteiger partial charge in [0.25, 0.3) is 5.69 Å². The van der Waals surface area contributed by atoms with Crippen molar-refractivity contribution in [3.05, 3.63) is 33.9 Å². The molecular weight excluding hydrogens is 198 g/mol. The van der Waals surface area contributed by atoms with Crippen LogP contribution >= 0.6 is 0 Å². The van der Waals surface area contributed by atoms with E-state index in [0.717, 1.165) is 0 Å². The van der Waals surface area contributed by atoms with Crippen LogP contribution in [0.15, 0.2) is 18.2 Å². The summed E-state index contributed by atoms with van der Waals surface area (Å²) in [5, 5.41) is 19.5. The highest BCUT2D eigenvalue weighted by Gasteiger charge is 2.09. The lowest BCUT2D eigenvalue weighted by Gasteiger charge is -2.09. The van der Waals surface area contributed by atoms with Gasteiger partial charge in [0.2, 0.25) is 0 Å². The molecule has 0 aliphatic carbocycles. The zero-order valence-electron chi connectivity index (χ0n) is 8.64. The summed E-state index contributed by atoms with van der Waals surface area (Å²) >= 11 is 0. The standard InChI is InChI=1S/C10H13NO4/c1-7-5-9(11(13)14)3-4-10(7)15-6-8(2)12/h3-5,8,12H,6H2,1-2H3/t8-/m0/s1. The molecule has 0 aliphatic heterocycles. The summed E-state index contributed by atoms with van der Waals surface area (Å²) in [5.41, 5.74) is 0.724. The molecule has 0 aliphatic rings. The van der Waals surface area contributed by atoms with E-state index in [1.807, 2.05) is 0 Å². The molecule has 1 aromatic carbocycles. The van der Waals surface area contributed by atoms with Crippen molar-refractivity contribution in [1.82, 2.24) is 0 Å². The molecule has 5 heteroatoms. The number of hydrogen-bond acceptors (Lipinski definition) is 4. The van der Waals surface area contributed by atoms with Crippen molar-refractivity contribution in [2.24, 2.45) is 0 Å². The Balaban J connectivity index is 2.79. The second-order valence-corrected chi connectivity index (χ2v) is 3.37. The molecule has 0 aromatic heterocycles. The maximum absolute atomic E-state index is 10.5. The van der Waals surface area contributed by atoms with Crippen molar-refractivity contribution in [3.8, 4) is 5.75 Å². The van der Waals surface area contributed by atoms with Gasteiger partial charge in [-0.2, -0.15) is 0 Å². The van der Waals surface area contributed by atoms with Gasteiger partial charge in [0.1, 0.15) is 12.4 Å². The molecular formula is C10H13NO4. The molecule has 0 spiro atoms. The molecule has 0 radical (unpaired) electrons. The Morgan fingerprint density at radius 3 is 2.73 bits per heavy atom. The van der Waals surface area contributed by atoms with Gasteiger partial charge in [0.15, 0.2) is 0 Å². The minimum atomic E-state index is -0.556. The SMILES string of the molecule is Cc1cc([N+](=O)[O-])ccc1OC[C@H](C)O. The summed E-state index contributed by atoms with van der Waals surface area (Å²) in [6.07, 6.45) is -0.556. The average molecular weight is 211 g/mol. The molecule has 0 unspecified atom stereocenters. The Morgan fingerprint density at radius 2 is 2.27 bits per heavy atom. The second kappa shape index (κ2) is 4.75. The molecule has 15 heavy (non-hydrogen) atoms. The van der Waals surface area contributed by atoms with Crippen LogP contribution in [0.25, 0.3) is 0 Å². The van der Waals surface area contributed by atoms with E-state index in [1.54, 1.807) is 13.8 Å². The van der Waals surface area contributed by atoms with Crippen molar-refractivity contribution in [2.75, 3.05) is 6.61 Å². The number of aliphatic hydroxyl groups is 1. The van der Waals surface area contributed by atoms with Gasteiger partial charge in [0.05, 0.1) is 11.0 Å². The number of nitrogens with zero attached hydrogens (tertiary/aromatic N) is 1. The van der Waals surface area contributed by atoms with Crippen molar-refractivity contribution in [3.63, 3.8) is 0 Å². The van der Waals surface area contributed by atoms with E-state index in [2.05, 4.69) is 0 Å². The summed E-state index contributed by atoms with van der Waals surface area (Å²) in [6, 6.07) is 4.36. The first-order chi connectivity index (χ1) is 7.00. The molecule has 1 N–H and O–H groups in total. The van der Waals surface area contributed by atoms with Crippen LogP contribution < -0.4 is 4.74 Å². The number of non-ortho nitro benzene ring substituents is 1. The fraction of sp³-hybridized carbons (Fsp3) is 0.400. The number of hydrogen-bond donors (Lipinski definition) is 1. The van der Waals surface area contributed by atoms with E-state index >= 15 is 0 Å². The smallest absolute Gasteiger partial charge is 0.269 e. The lowest BCUT2D eigenvalue weighted by atomic mass is 10.2. The second-order valence-electron chi connectivity index (χ2n) is 3.37. The number of aryl methyl sites for hydroxylation is 1. The van der Waals surface area contributed by atoms with E-state index in [1.165, 1.54) is 18.2 Å². The Morgan fingerprint density at radius 1 is 1.60 bits per heavy atom. The Hall–Kier alpha value is -1.62. The van der Waals surface area contributed by atoms with Gasteiger partial charge in [-0.3, -0.25) is 10.1 Å². The Labute approximate surface area is 87.5 Å². The molecule has 0 heterocycles. The zero-order chi connectivity index (χ0) is 11.4. The lowest BCUT2D eigenvalue weighted by Crippen LogP contribution is -2.13. The van der Waals surface area contributed by atoms with Gasteiger partial charge in [-0.05, 0) is 25.5 Å². The van der Waals surface area contributed by atoms with E-state index < -0.39 is 11.0 Å². The first-order valence-electron chi connectivity index (χ1n) is 4.56. The number of nitro groups is 1. The van der Waals surface area contributed by atoms with E-state index in [0.29, 0.717) is 11.3 Å². The van der Waals surface area contributed by atoms with Crippen LogP contribution in [0.4, 0.5) is 5.69 Å². The monoisotopic (exact) mass is 211 g/mol. The first kappa shape index (κ1) is 11.5. The van der Waals surface area contributed by atoms with Crippen LogP contribution in [0, 0.1) is 17.0 Å². The molecule has 1 aromatic rings. The van der Waals surface area contributed by atoms with Crippen LogP contribution in [0.2, 0.25) is 0 Å². The maximum atomic E-state index is 10.5. The van der Waals surface area contributed by atoms with Gasteiger partial charge < -0.3 is 9.84 Å². The van der Waals surface area contributed by atoms with Crippen LogP contribution in [0.1, 0.15) is 12.5 Å². The minimum Gasteiger partial charge on any atom is -0.491 e. The molecule has 1 atom stereocenters. The number of ether oxygens (including phenoxy) is 1. The number of rotatable bonds is 4. The van der Waals surface area contributed by atoms with Gasteiger partial charge in [-0.15, -0.1) is 0 Å².